The Labute approximate surface area is 91.7 Å². The predicted molar refractivity (Wildman–Crippen MR) is 34.6 cm³/mol. The zero-order valence-electron chi connectivity index (χ0n) is 7.84. The first-order chi connectivity index (χ1) is 7.75. The lowest BCUT2D eigenvalue weighted by atomic mass is 9.75. The van der Waals surface area contributed by atoms with E-state index in [2.05, 4.69) is 0 Å². The normalized spacial score (nSPS) is 41.4. The van der Waals surface area contributed by atoms with Crippen LogP contribution in [0, 0.1) is 0 Å². The van der Waals surface area contributed by atoms with Crippen molar-refractivity contribution in [2.45, 2.75) is 35.8 Å². The SMILES string of the molecule is O=C(F)C1(F)C(F)C(F)(F)C(F)(F)C(F)C1(F)F. The third-order valence-electron chi connectivity index (χ3n) is 2.52. The Bertz CT molecular complexity index is 378. The number of halogens is 10. The first-order valence-corrected chi connectivity index (χ1v) is 4.06. The molecule has 0 heterocycles. The van der Waals surface area contributed by atoms with Gasteiger partial charge in [0.1, 0.15) is 0 Å². The van der Waals surface area contributed by atoms with E-state index in [1.807, 2.05) is 0 Å². The van der Waals surface area contributed by atoms with Crippen molar-refractivity contribution in [1.29, 1.82) is 0 Å². The topological polar surface area (TPSA) is 17.1 Å². The lowest BCUT2D eigenvalue weighted by Gasteiger charge is -2.45. The third-order valence-corrected chi connectivity index (χ3v) is 2.52. The largest absolute Gasteiger partial charge is 0.349 e. The molecule has 0 aromatic rings. The Morgan fingerprint density at radius 1 is 0.722 bits per heavy atom. The van der Waals surface area contributed by atoms with Gasteiger partial charge >= 0.3 is 29.5 Å². The Morgan fingerprint density at radius 2 is 1.06 bits per heavy atom. The highest BCUT2D eigenvalue weighted by atomic mass is 19.3. The minimum atomic E-state index is -6.31. The quantitative estimate of drug-likeness (QED) is 0.536. The third kappa shape index (κ3) is 1.32. The van der Waals surface area contributed by atoms with E-state index in [0.717, 1.165) is 0 Å². The molecule has 0 aliphatic heterocycles. The van der Waals surface area contributed by atoms with Gasteiger partial charge in [0.15, 0.2) is 0 Å². The van der Waals surface area contributed by atoms with Gasteiger partial charge in [-0.2, -0.15) is 30.7 Å². The van der Waals surface area contributed by atoms with E-state index in [9.17, 15) is 48.7 Å². The fraction of sp³-hybridized carbons (Fsp3) is 0.857. The van der Waals surface area contributed by atoms with Crippen LogP contribution < -0.4 is 0 Å². The van der Waals surface area contributed by atoms with Gasteiger partial charge in [0.05, 0.1) is 0 Å². The molecular weight excluding hydrogens is 290 g/mol. The summed E-state index contributed by atoms with van der Waals surface area (Å²) in [6.07, 6.45) is -10.5. The van der Waals surface area contributed by atoms with Gasteiger partial charge in [-0.15, -0.1) is 0 Å². The summed E-state index contributed by atoms with van der Waals surface area (Å²) in [5, 5.41) is 0. The van der Waals surface area contributed by atoms with Crippen molar-refractivity contribution in [2.24, 2.45) is 0 Å². The van der Waals surface area contributed by atoms with Crippen molar-refractivity contribution in [3.05, 3.63) is 0 Å². The molecule has 1 aliphatic carbocycles. The van der Waals surface area contributed by atoms with E-state index in [0.29, 0.717) is 0 Å². The maximum Gasteiger partial charge on any atom is 0.349 e. The Balaban J connectivity index is 3.56. The smallest absolute Gasteiger partial charge is 0.257 e. The Morgan fingerprint density at radius 3 is 1.39 bits per heavy atom. The van der Waals surface area contributed by atoms with Crippen LogP contribution in [0.2, 0.25) is 0 Å². The molecule has 1 saturated carbocycles. The minimum absolute atomic E-state index is 4.00. The van der Waals surface area contributed by atoms with E-state index in [1.165, 1.54) is 0 Å². The molecule has 3 unspecified atom stereocenters. The molecule has 0 radical (unpaired) electrons. The zero-order chi connectivity index (χ0) is 14.7. The van der Waals surface area contributed by atoms with Crippen LogP contribution in [0.1, 0.15) is 0 Å². The molecule has 0 saturated heterocycles. The van der Waals surface area contributed by atoms with Crippen molar-refractivity contribution < 1.29 is 48.7 Å². The van der Waals surface area contributed by atoms with Crippen LogP contribution in [0.15, 0.2) is 0 Å². The van der Waals surface area contributed by atoms with Gasteiger partial charge in [-0.05, 0) is 0 Å². The zero-order valence-corrected chi connectivity index (χ0v) is 7.84. The molecule has 11 heteroatoms. The molecule has 3 atom stereocenters. The molecule has 106 valence electrons. The van der Waals surface area contributed by atoms with E-state index in [1.54, 1.807) is 0 Å². The summed E-state index contributed by atoms with van der Waals surface area (Å²) in [5.41, 5.74) is -6.02. The molecule has 18 heavy (non-hydrogen) atoms. The first kappa shape index (κ1) is 15.0. The maximum atomic E-state index is 13.1. The number of rotatable bonds is 1. The average Bonchev–Trinajstić information content (AvgIpc) is 2.23. The summed E-state index contributed by atoms with van der Waals surface area (Å²) < 4.78 is 126. The van der Waals surface area contributed by atoms with Crippen LogP contribution in [0.25, 0.3) is 0 Å². The first-order valence-electron chi connectivity index (χ1n) is 4.06. The van der Waals surface area contributed by atoms with Crippen LogP contribution in [-0.2, 0) is 4.79 Å². The summed E-state index contributed by atoms with van der Waals surface area (Å²) in [6, 6.07) is -4.00. The summed E-state index contributed by atoms with van der Waals surface area (Å²) >= 11 is 0. The lowest BCUT2D eigenvalue weighted by molar-refractivity contribution is -0.368. The van der Waals surface area contributed by atoms with E-state index in [4.69, 9.17) is 0 Å². The van der Waals surface area contributed by atoms with Gasteiger partial charge in [-0.3, -0.25) is 4.79 Å². The molecule has 0 aromatic carbocycles. The highest BCUT2D eigenvalue weighted by Crippen LogP contribution is 2.59. The van der Waals surface area contributed by atoms with Crippen molar-refractivity contribution in [1.82, 2.24) is 0 Å². The summed E-state index contributed by atoms with van der Waals surface area (Å²) in [6.45, 7) is 0. The minimum Gasteiger partial charge on any atom is -0.257 e. The summed E-state index contributed by atoms with van der Waals surface area (Å²) in [4.78, 5) is 9.88. The van der Waals surface area contributed by atoms with E-state index >= 15 is 0 Å². The Kier molecular flexibility index (Phi) is 2.92. The van der Waals surface area contributed by atoms with Gasteiger partial charge in [0.2, 0.25) is 12.3 Å². The van der Waals surface area contributed by atoms with Gasteiger partial charge in [-0.25, -0.2) is 13.2 Å². The van der Waals surface area contributed by atoms with Gasteiger partial charge in [0.25, 0.3) is 0 Å². The van der Waals surface area contributed by atoms with Crippen LogP contribution in [0.4, 0.5) is 43.9 Å². The number of alkyl halides is 9. The second kappa shape index (κ2) is 3.50. The second-order valence-corrected chi connectivity index (χ2v) is 3.58. The fourth-order valence-corrected chi connectivity index (χ4v) is 1.40. The average molecular weight is 292 g/mol. The molecule has 0 spiro atoms. The molecular formula is C7H2F10O. The molecule has 0 bridgehead atoms. The highest BCUT2D eigenvalue weighted by Gasteiger charge is 2.89. The number of hydrogen-bond donors (Lipinski definition) is 0. The molecule has 0 N–H and O–H groups in total. The second-order valence-electron chi connectivity index (χ2n) is 3.58. The fourth-order valence-electron chi connectivity index (χ4n) is 1.40. The Hall–Kier alpha value is -1.03. The monoisotopic (exact) mass is 292 g/mol. The van der Waals surface area contributed by atoms with Gasteiger partial charge in [0, 0.05) is 0 Å². The van der Waals surface area contributed by atoms with E-state index < -0.39 is 41.8 Å². The molecule has 1 fully saturated rings. The number of carbonyl (C=O) groups excluding carboxylic acids is 1. The molecule has 1 aliphatic rings. The van der Waals surface area contributed by atoms with Gasteiger partial charge < -0.3 is 0 Å². The van der Waals surface area contributed by atoms with Crippen LogP contribution in [0.3, 0.4) is 0 Å². The van der Waals surface area contributed by atoms with Crippen LogP contribution >= 0.6 is 0 Å². The van der Waals surface area contributed by atoms with Crippen molar-refractivity contribution in [3.63, 3.8) is 0 Å². The highest BCUT2D eigenvalue weighted by molar-refractivity contribution is 5.81. The molecule has 0 aromatic heterocycles. The van der Waals surface area contributed by atoms with Gasteiger partial charge in [-0.1, -0.05) is 0 Å². The van der Waals surface area contributed by atoms with Crippen LogP contribution in [0.5, 0.6) is 0 Å². The lowest BCUT2D eigenvalue weighted by Crippen LogP contribution is -2.77. The summed E-state index contributed by atoms with van der Waals surface area (Å²) in [7, 11) is 0. The number of carbonyl (C=O) groups is 1. The van der Waals surface area contributed by atoms with E-state index in [-0.39, 0.29) is 0 Å². The molecule has 1 rings (SSSR count). The molecule has 0 amide bonds. The van der Waals surface area contributed by atoms with Crippen LogP contribution in [-0.4, -0.2) is 41.8 Å². The van der Waals surface area contributed by atoms with Crippen molar-refractivity contribution in [3.8, 4) is 0 Å². The summed E-state index contributed by atoms with van der Waals surface area (Å²) in [5.74, 6) is -18.9. The maximum absolute atomic E-state index is 13.1. The predicted octanol–water partition coefficient (Wildman–Crippen LogP) is 2.79. The van der Waals surface area contributed by atoms with Crippen molar-refractivity contribution in [2.75, 3.05) is 0 Å². The number of hydrogen-bond acceptors (Lipinski definition) is 1. The van der Waals surface area contributed by atoms with Crippen molar-refractivity contribution >= 4 is 6.04 Å². The standard InChI is InChI=1S/C7H2F10O/c8-1-4(11,3(10)18)5(12,13)2(9)7(16,17)6(1,14)15/h1-2H. The molecule has 1 nitrogen and oxygen atoms in total.